The van der Waals surface area contributed by atoms with Crippen LogP contribution in [-0.4, -0.2) is 12.2 Å². The van der Waals surface area contributed by atoms with Gasteiger partial charge in [-0.25, -0.2) is 0 Å². The van der Waals surface area contributed by atoms with Crippen LogP contribution in [0.5, 0.6) is 17.2 Å². The molecule has 0 bridgehead atoms. The Kier molecular flexibility index (Phi) is 3.50. The molecule has 0 heterocycles. The molecule has 0 radical (unpaired) electrons. The smallest absolute Gasteiger partial charge is 0.123 e. The van der Waals surface area contributed by atoms with Gasteiger partial charge >= 0.3 is 0 Å². The number of ether oxygens (including phenoxy) is 2. The highest BCUT2D eigenvalue weighted by atomic mass is 16.5. The van der Waals surface area contributed by atoms with Gasteiger partial charge in [0.1, 0.15) is 23.9 Å². The first-order valence-electron chi connectivity index (χ1n) is 5.33. The van der Waals surface area contributed by atoms with Gasteiger partial charge < -0.3 is 14.6 Å². The fourth-order valence-corrected chi connectivity index (χ4v) is 1.48. The van der Waals surface area contributed by atoms with Crippen molar-refractivity contribution in [2.24, 2.45) is 0 Å². The molecule has 3 heteroatoms. The quantitative estimate of drug-likeness (QED) is 0.877. The lowest BCUT2D eigenvalue weighted by molar-refractivity contribution is 0.297. The summed E-state index contributed by atoms with van der Waals surface area (Å²) >= 11 is 0. The van der Waals surface area contributed by atoms with Crippen molar-refractivity contribution in [3.05, 3.63) is 54.1 Å². The van der Waals surface area contributed by atoms with Crippen LogP contribution in [0.15, 0.2) is 48.5 Å². The molecule has 1 N–H and O–H groups in total. The van der Waals surface area contributed by atoms with Crippen LogP contribution in [0.25, 0.3) is 0 Å². The number of phenolic OH excluding ortho intramolecular Hbond substituents is 1. The van der Waals surface area contributed by atoms with Gasteiger partial charge in [0.15, 0.2) is 0 Å². The zero-order valence-corrected chi connectivity index (χ0v) is 9.59. The van der Waals surface area contributed by atoms with E-state index in [1.807, 2.05) is 30.3 Å². The molecule has 2 rings (SSSR count). The van der Waals surface area contributed by atoms with Crippen LogP contribution >= 0.6 is 0 Å². The molecule has 0 saturated carbocycles. The maximum absolute atomic E-state index is 9.58. The summed E-state index contributed by atoms with van der Waals surface area (Å²) < 4.78 is 10.7. The third-order valence-corrected chi connectivity index (χ3v) is 2.43. The number of methoxy groups -OCH3 is 1. The maximum atomic E-state index is 9.58. The van der Waals surface area contributed by atoms with E-state index in [-0.39, 0.29) is 5.75 Å². The van der Waals surface area contributed by atoms with Crippen molar-refractivity contribution < 1.29 is 14.6 Å². The van der Waals surface area contributed by atoms with Gasteiger partial charge in [0.25, 0.3) is 0 Å². The first-order valence-corrected chi connectivity index (χ1v) is 5.33. The van der Waals surface area contributed by atoms with Crippen molar-refractivity contribution in [3.63, 3.8) is 0 Å². The molecular weight excluding hydrogens is 216 g/mol. The van der Waals surface area contributed by atoms with Crippen LogP contribution < -0.4 is 9.47 Å². The molecular formula is C14H14O3. The summed E-state index contributed by atoms with van der Waals surface area (Å²) in [6.45, 7) is 0.333. The zero-order valence-electron chi connectivity index (χ0n) is 9.59. The van der Waals surface area contributed by atoms with Crippen molar-refractivity contribution in [1.82, 2.24) is 0 Å². The van der Waals surface area contributed by atoms with Gasteiger partial charge in [-0.05, 0) is 18.2 Å². The summed E-state index contributed by atoms with van der Waals surface area (Å²) in [6.07, 6.45) is 0. The third kappa shape index (κ3) is 2.91. The summed E-state index contributed by atoms with van der Waals surface area (Å²) in [4.78, 5) is 0. The van der Waals surface area contributed by atoms with E-state index < -0.39 is 0 Å². The van der Waals surface area contributed by atoms with Gasteiger partial charge in [0, 0.05) is 11.6 Å². The molecule has 0 spiro atoms. The number of aromatic hydroxyl groups is 1. The van der Waals surface area contributed by atoms with Crippen molar-refractivity contribution in [3.8, 4) is 17.2 Å². The van der Waals surface area contributed by atoms with Gasteiger partial charge in [0.05, 0.1) is 7.11 Å². The second-order valence-electron chi connectivity index (χ2n) is 3.60. The molecule has 88 valence electrons. The lowest BCUT2D eigenvalue weighted by Gasteiger charge is -2.08. The summed E-state index contributed by atoms with van der Waals surface area (Å²) in [6, 6.07) is 14.5. The van der Waals surface area contributed by atoms with Gasteiger partial charge in [0.2, 0.25) is 0 Å². The number of hydrogen-bond donors (Lipinski definition) is 1. The highest BCUT2D eigenvalue weighted by Gasteiger charge is 2.01. The zero-order chi connectivity index (χ0) is 12.1. The van der Waals surface area contributed by atoms with Crippen molar-refractivity contribution in [2.75, 3.05) is 7.11 Å². The Balaban J connectivity index is 2.05. The summed E-state index contributed by atoms with van der Waals surface area (Å²) in [5, 5.41) is 9.58. The minimum absolute atomic E-state index is 0.246. The topological polar surface area (TPSA) is 38.7 Å². The first kappa shape index (κ1) is 11.3. The molecule has 0 aliphatic heterocycles. The SMILES string of the molecule is COc1cccc(OCc2ccccc2O)c1. The summed E-state index contributed by atoms with van der Waals surface area (Å²) in [5.74, 6) is 1.71. The van der Waals surface area contributed by atoms with E-state index in [0.29, 0.717) is 12.4 Å². The second-order valence-corrected chi connectivity index (χ2v) is 3.60. The lowest BCUT2D eigenvalue weighted by Crippen LogP contribution is -1.95. The molecule has 0 aliphatic carbocycles. The van der Waals surface area contributed by atoms with Crippen LogP contribution in [0, 0.1) is 0 Å². The van der Waals surface area contributed by atoms with E-state index in [1.54, 1.807) is 25.3 Å². The number of para-hydroxylation sites is 1. The minimum atomic E-state index is 0.246. The maximum Gasteiger partial charge on any atom is 0.123 e. The van der Waals surface area contributed by atoms with E-state index in [2.05, 4.69) is 0 Å². The van der Waals surface area contributed by atoms with Gasteiger partial charge in [-0.15, -0.1) is 0 Å². The monoisotopic (exact) mass is 230 g/mol. The normalized spacial score (nSPS) is 9.94. The molecule has 0 unspecified atom stereocenters. The molecule has 0 aromatic heterocycles. The van der Waals surface area contributed by atoms with Crippen molar-refractivity contribution >= 4 is 0 Å². The van der Waals surface area contributed by atoms with E-state index >= 15 is 0 Å². The number of hydrogen-bond acceptors (Lipinski definition) is 3. The largest absolute Gasteiger partial charge is 0.508 e. The third-order valence-electron chi connectivity index (χ3n) is 2.43. The Bertz CT molecular complexity index is 494. The molecule has 2 aromatic rings. The average molecular weight is 230 g/mol. The fourth-order valence-electron chi connectivity index (χ4n) is 1.48. The lowest BCUT2D eigenvalue weighted by atomic mass is 10.2. The van der Waals surface area contributed by atoms with Gasteiger partial charge in [-0.1, -0.05) is 24.3 Å². The van der Waals surface area contributed by atoms with Crippen molar-refractivity contribution in [1.29, 1.82) is 0 Å². The molecule has 0 atom stereocenters. The number of phenols is 1. The Morgan fingerprint density at radius 3 is 2.53 bits per heavy atom. The molecule has 0 saturated heterocycles. The van der Waals surface area contributed by atoms with Crippen LogP contribution in [0.3, 0.4) is 0 Å². The van der Waals surface area contributed by atoms with E-state index in [0.717, 1.165) is 11.3 Å². The predicted molar refractivity (Wildman–Crippen MR) is 65.4 cm³/mol. The van der Waals surface area contributed by atoms with E-state index in [9.17, 15) is 5.11 Å². The Hall–Kier alpha value is -2.16. The Labute approximate surface area is 100 Å². The number of benzene rings is 2. The summed E-state index contributed by atoms with van der Waals surface area (Å²) in [5.41, 5.74) is 0.760. The Morgan fingerprint density at radius 1 is 1.00 bits per heavy atom. The Morgan fingerprint density at radius 2 is 1.76 bits per heavy atom. The van der Waals surface area contributed by atoms with Gasteiger partial charge in [-0.3, -0.25) is 0 Å². The molecule has 0 amide bonds. The van der Waals surface area contributed by atoms with E-state index in [4.69, 9.17) is 9.47 Å². The standard InChI is InChI=1S/C14H14O3/c1-16-12-6-4-7-13(9-12)17-10-11-5-2-3-8-14(11)15/h2-9,15H,10H2,1H3. The molecule has 17 heavy (non-hydrogen) atoms. The van der Waals surface area contributed by atoms with E-state index in [1.165, 1.54) is 0 Å². The minimum Gasteiger partial charge on any atom is -0.508 e. The summed E-state index contributed by atoms with van der Waals surface area (Å²) in [7, 11) is 1.61. The first-order chi connectivity index (χ1) is 8.29. The highest BCUT2D eigenvalue weighted by Crippen LogP contribution is 2.22. The molecule has 0 aliphatic rings. The van der Waals surface area contributed by atoms with Crippen molar-refractivity contribution in [2.45, 2.75) is 6.61 Å². The average Bonchev–Trinajstić information content (AvgIpc) is 2.38. The highest BCUT2D eigenvalue weighted by molar-refractivity contribution is 5.34. The predicted octanol–water partition coefficient (Wildman–Crippen LogP) is 2.98. The number of rotatable bonds is 4. The van der Waals surface area contributed by atoms with Crippen LogP contribution in [0.1, 0.15) is 5.56 Å². The van der Waals surface area contributed by atoms with Crippen LogP contribution in [-0.2, 0) is 6.61 Å². The fraction of sp³-hybridized carbons (Fsp3) is 0.143. The molecule has 0 fully saturated rings. The van der Waals surface area contributed by atoms with Crippen LogP contribution in [0.4, 0.5) is 0 Å². The second kappa shape index (κ2) is 5.25. The van der Waals surface area contributed by atoms with Gasteiger partial charge in [-0.2, -0.15) is 0 Å². The molecule has 3 nitrogen and oxygen atoms in total. The van der Waals surface area contributed by atoms with Crippen LogP contribution in [0.2, 0.25) is 0 Å². The molecule has 2 aromatic carbocycles.